The average Bonchev–Trinajstić information content (AvgIpc) is 2.80. The molecule has 0 atom stereocenters. The lowest BCUT2D eigenvalue weighted by molar-refractivity contribution is -0.128. The van der Waals surface area contributed by atoms with Gasteiger partial charge in [-0.3, -0.25) is 4.79 Å². The first-order valence-corrected chi connectivity index (χ1v) is 16.1. The van der Waals surface area contributed by atoms with Gasteiger partial charge in [-0.25, -0.2) is 0 Å². The van der Waals surface area contributed by atoms with E-state index in [4.69, 9.17) is 0 Å². The van der Waals surface area contributed by atoms with Crippen LogP contribution in [0.25, 0.3) is 0 Å². The number of Topliss-reactive ketones (excluding diaryl/α,β-unsaturated/α-hetero) is 1. The van der Waals surface area contributed by atoms with Crippen LogP contribution in [-0.4, -0.2) is 12.3 Å². The second-order valence-corrected chi connectivity index (χ2v) is 13.1. The first kappa shape index (κ1) is 35.2. The molecule has 0 saturated carbocycles. The molecule has 0 aliphatic rings. The molecule has 0 amide bonds. The molecule has 2 nitrogen and oxygen atoms in total. The highest BCUT2D eigenvalue weighted by Gasteiger charge is 2.33. The van der Waals surface area contributed by atoms with E-state index in [1.807, 2.05) is 0 Å². The lowest BCUT2D eigenvalue weighted by atomic mass is 9.70. The zero-order valence-electron chi connectivity index (χ0n) is 25.9. The molecule has 0 aliphatic heterocycles. The molecule has 36 heavy (non-hydrogen) atoms. The number of allylic oxidation sites excluding steroid dienone is 1. The fourth-order valence-corrected chi connectivity index (χ4v) is 5.89. The van der Waals surface area contributed by atoms with Crippen LogP contribution in [0.1, 0.15) is 183 Å². The Morgan fingerprint density at radius 1 is 0.611 bits per heavy atom. The number of carbonyl (C=O) groups excluding carboxylic acids is 1. The Kier molecular flexibility index (Phi) is 21.7. The third kappa shape index (κ3) is 21.3. The van der Waals surface area contributed by atoms with Crippen molar-refractivity contribution in [2.45, 2.75) is 183 Å². The predicted octanol–water partition coefficient (Wildman–Crippen LogP) is 11.3. The molecule has 0 radical (unpaired) electrons. The van der Waals surface area contributed by atoms with Gasteiger partial charge in [0.05, 0.1) is 0 Å². The van der Waals surface area contributed by atoms with Gasteiger partial charge in [0, 0.05) is 24.1 Å². The Morgan fingerprint density at radius 2 is 1.06 bits per heavy atom. The Bertz CT molecular complexity index is 533. The smallest absolute Gasteiger partial charge is 0.138 e. The molecule has 0 aliphatic carbocycles. The van der Waals surface area contributed by atoms with Crippen LogP contribution in [0.2, 0.25) is 0 Å². The molecule has 0 fully saturated rings. The van der Waals surface area contributed by atoms with Gasteiger partial charge in [-0.05, 0) is 37.5 Å². The maximum atomic E-state index is 12.8. The second-order valence-electron chi connectivity index (χ2n) is 13.1. The fraction of sp³-hybridized carbons (Fsp3) is 0.912. The zero-order valence-corrected chi connectivity index (χ0v) is 25.9. The second kappa shape index (κ2) is 22.2. The van der Waals surface area contributed by atoms with Crippen molar-refractivity contribution in [2.75, 3.05) is 6.54 Å². The van der Waals surface area contributed by atoms with E-state index in [1.165, 1.54) is 116 Å². The highest BCUT2D eigenvalue weighted by atomic mass is 16.1. The summed E-state index contributed by atoms with van der Waals surface area (Å²) in [6, 6.07) is 0. The third-order valence-electron chi connectivity index (χ3n) is 7.89. The summed E-state index contributed by atoms with van der Waals surface area (Å²) >= 11 is 0. The van der Waals surface area contributed by atoms with Crippen molar-refractivity contribution < 1.29 is 4.79 Å². The SMILES string of the molecule is C=C(CCCC(=O)C(C)(C)CC(C)(C)CCC)NCCCCCCCCCCCCCCCCCC. The average molecular weight is 506 g/mol. The standard InChI is InChI=1S/C34H67NO/c1-8-10-11-12-13-14-15-16-17-18-19-20-21-22-23-24-29-35-31(3)26-25-27-32(36)34(6,7)30-33(4,5)28-9-2/h35H,3,8-30H2,1-2,4-7H3. The van der Waals surface area contributed by atoms with Crippen molar-refractivity contribution in [1.82, 2.24) is 5.32 Å². The fourth-order valence-electron chi connectivity index (χ4n) is 5.89. The normalized spacial score (nSPS) is 12.2. The van der Waals surface area contributed by atoms with E-state index < -0.39 is 0 Å². The summed E-state index contributed by atoms with van der Waals surface area (Å²) in [4.78, 5) is 12.8. The van der Waals surface area contributed by atoms with Gasteiger partial charge < -0.3 is 5.32 Å². The first-order valence-electron chi connectivity index (χ1n) is 16.1. The van der Waals surface area contributed by atoms with E-state index >= 15 is 0 Å². The van der Waals surface area contributed by atoms with Crippen LogP contribution in [0.4, 0.5) is 0 Å². The summed E-state index contributed by atoms with van der Waals surface area (Å²) in [5.74, 6) is 0.414. The number of hydrogen-bond acceptors (Lipinski definition) is 2. The Balaban J connectivity index is 3.55. The molecule has 0 aromatic rings. The minimum atomic E-state index is -0.221. The number of unbranched alkanes of at least 4 members (excludes halogenated alkanes) is 15. The molecule has 0 bridgehead atoms. The quantitative estimate of drug-likeness (QED) is 0.112. The molecule has 0 spiro atoms. The highest BCUT2D eigenvalue weighted by molar-refractivity contribution is 5.84. The van der Waals surface area contributed by atoms with Crippen LogP contribution in [0.15, 0.2) is 12.3 Å². The minimum absolute atomic E-state index is 0.221. The van der Waals surface area contributed by atoms with Gasteiger partial charge in [-0.15, -0.1) is 0 Å². The summed E-state index contributed by atoms with van der Waals surface area (Å²) in [7, 11) is 0. The lowest BCUT2D eigenvalue weighted by Gasteiger charge is -2.34. The number of rotatable bonds is 27. The predicted molar refractivity (Wildman–Crippen MR) is 163 cm³/mol. The van der Waals surface area contributed by atoms with E-state index in [0.717, 1.165) is 31.5 Å². The zero-order chi connectivity index (χ0) is 27.1. The highest BCUT2D eigenvalue weighted by Crippen LogP contribution is 2.38. The van der Waals surface area contributed by atoms with E-state index in [1.54, 1.807) is 0 Å². The van der Waals surface area contributed by atoms with Gasteiger partial charge in [-0.1, -0.05) is 151 Å². The Morgan fingerprint density at radius 3 is 1.50 bits per heavy atom. The monoisotopic (exact) mass is 506 g/mol. The van der Waals surface area contributed by atoms with Crippen LogP contribution >= 0.6 is 0 Å². The number of nitrogens with one attached hydrogen (secondary N) is 1. The molecule has 0 unspecified atom stereocenters. The molecule has 2 heteroatoms. The summed E-state index contributed by atoms with van der Waals surface area (Å²) in [6.45, 7) is 18.6. The van der Waals surface area contributed by atoms with Crippen LogP contribution in [0.3, 0.4) is 0 Å². The van der Waals surface area contributed by atoms with Gasteiger partial charge >= 0.3 is 0 Å². The van der Waals surface area contributed by atoms with E-state index in [0.29, 0.717) is 12.2 Å². The lowest BCUT2D eigenvalue weighted by Crippen LogP contribution is -2.30. The summed E-state index contributed by atoms with van der Waals surface area (Å²) in [5, 5.41) is 3.49. The number of carbonyl (C=O) groups is 1. The number of ketones is 1. The molecule has 0 rings (SSSR count). The van der Waals surface area contributed by atoms with Crippen molar-refractivity contribution in [3.8, 4) is 0 Å². The Labute approximate surface area is 228 Å². The van der Waals surface area contributed by atoms with Crippen molar-refractivity contribution >= 4 is 5.78 Å². The van der Waals surface area contributed by atoms with E-state index in [-0.39, 0.29) is 10.8 Å². The molecule has 1 N–H and O–H groups in total. The topological polar surface area (TPSA) is 29.1 Å². The van der Waals surface area contributed by atoms with Crippen molar-refractivity contribution in [1.29, 1.82) is 0 Å². The molecule has 0 heterocycles. The van der Waals surface area contributed by atoms with Gasteiger partial charge in [0.2, 0.25) is 0 Å². The molecular weight excluding hydrogens is 438 g/mol. The van der Waals surface area contributed by atoms with E-state index in [9.17, 15) is 4.79 Å². The van der Waals surface area contributed by atoms with Crippen molar-refractivity contribution in [3.05, 3.63) is 12.3 Å². The maximum absolute atomic E-state index is 12.8. The maximum Gasteiger partial charge on any atom is 0.138 e. The molecule has 214 valence electrons. The van der Waals surface area contributed by atoms with Crippen LogP contribution < -0.4 is 5.32 Å². The molecule has 0 aromatic carbocycles. The van der Waals surface area contributed by atoms with Crippen molar-refractivity contribution in [3.63, 3.8) is 0 Å². The molecule has 0 saturated heterocycles. The number of hydrogen-bond donors (Lipinski definition) is 1. The van der Waals surface area contributed by atoms with E-state index in [2.05, 4.69) is 53.4 Å². The first-order chi connectivity index (χ1) is 17.1. The molecule has 0 aromatic heterocycles. The summed E-state index contributed by atoms with van der Waals surface area (Å²) in [5.41, 5.74) is 1.13. The van der Waals surface area contributed by atoms with Crippen LogP contribution in [-0.2, 0) is 4.79 Å². The van der Waals surface area contributed by atoms with Gasteiger partial charge in [0.15, 0.2) is 0 Å². The van der Waals surface area contributed by atoms with Crippen LogP contribution in [0, 0.1) is 10.8 Å². The minimum Gasteiger partial charge on any atom is -0.389 e. The summed E-state index contributed by atoms with van der Waals surface area (Å²) < 4.78 is 0. The third-order valence-corrected chi connectivity index (χ3v) is 7.89. The van der Waals surface area contributed by atoms with Gasteiger partial charge in [0.1, 0.15) is 5.78 Å². The largest absolute Gasteiger partial charge is 0.389 e. The van der Waals surface area contributed by atoms with Gasteiger partial charge in [0.25, 0.3) is 0 Å². The van der Waals surface area contributed by atoms with Crippen LogP contribution in [0.5, 0.6) is 0 Å². The van der Waals surface area contributed by atoms with Gasteiger partial charge in [-0.2, -0.15) is 0 Å². The Hall–Kier alpha value is -0.790. The molecular formula is C34H67NO. The van der Waals surface area contributed by atoms with Crippen molar-refractivity contribution in [2.24, 2.45) is 10.8 Å². The summed E-state index contributed by atoms with van der Waals surface area (Å²) in [6.07, 6.45) is 28.4.